The third-order valence-electron chi connectivity index (χ3n) is 5.24. The Balaban J connectivity index is 1.79. The molecule has 1 saturated heterocycles. The lowest BCUT2D eigenvalue weighted by atomic mass is 9.80. The number of carbonyl (C=O) groups is 1. The van der Waals surface area contributed by atoms with Gasteiger partial charge in [-0.2, -0.15) is 0 Å². The number of fused-ring (bicyclic) bond motifs is 3. The third kappa shape index (κ3) is 2.31. The molecule has 0 aromatic heterocycles. The first-order valence-electron chi connectivity index (χ1n) is 8.49. The highest BCUT2D eigenvalue weighted by Gasteiger charge is 2.45. The summed E-state index contributed by atoms with van der Waals surface area (Å²) in [5.41, 5.74) is 3.74. The minimum Gasteiger partial charge on any atom is -0.378 e. The Kier molecular flexibility index (Phi) is 3.56. The van der Waals surface area contributed by atoms with E-state index in [1.807, 2.05) is 6.92 Å². The number of para-hydroxylation sites is 1. The maximum atomic E-state index is 12.4. The molecule has 3 nitrogen and oxygen atoms in total. The Morgan fingerprint density at radius 1 is 1.13 bits per heavy atom. The summed E-state index contributed by atoms with van der Waals surface area (Å²) in [6.07, 6.45) is 1.63. The minimum absolute atomic E-state index is 0.199. The van der Waals surface area contributed by atoms with E-state index in [1.165, 1.54) is 16.8 Å². The second kappa shape index (κ2) is 5.73. The molecule has 2 aromatic rings. The number of carbonyl (C=O) groups excluding carboxylic acids is 1. The number of likely N-dealkylation sites (tertiary alicyclic amines) is 1. The lowest BCUT2D eigenvalue weighted by Gasteiger charge is -2.40. The summed E-state index contributed by atoms with van der Waals surface area (Å²) in [7, 11) is 0. The van der Waals surface area contributed by atoms with Crippen molar-refractivity contribution >= 4 is 11.6 Å². The van der Waals surface area contributed by atoms with E-state index in [0.717, 1.165) is 13.0 Å². The number of benzene rings is 2. The topological polar surface area (TPSA) is 32.3 Å². The second-order valence-electron chi connectivity index (χ2n) is 6.46. The van der Waals surface area contributed by atoms with Gasteiger partial charge >= 0.3 is 0 Å². The molecule has 4 rings (SSSR count). The molecule has 2 aliphatic rings. The van der Waals surface area contributed by atoms with Crippen LogP contribution in [0.25, 0.3) is 0 Å². The van der Waals surface area contributed by atoms with Crippen LogP contribution in [0.15, 0.2) is 54.6 Å². The Morgan fingerprint density at radius 2 is 1.87 bits per heavy atom. The van der Waals surface area contributed by atoms with E-state index >= 15 is 0 Å². The zero-order chi connectivity index (χ0) is 15.8. The van der Waals surface area contributed by atoms with E-state index in [0.29, 0.717) is 12.3 Å². The molecule has 2 heterocycles. The molecule has 2 aliphatic heterocycles. The van der Waals surface area contributed by atoms with Crippen LogP contribution in [0.4, 0.5) is 5.69 Å². The molecule has 0 saturated carbocycles. The first kappa shape index (κ1) is 14.3. The van der Waals surface area contributed by atoms with E-state index in [4.69, 9.17) is 0 Å². The molecular weight excluding hydrogens is 284 g/mol. The molecule has 3 heteroatoms. The standard InChI is InChI=1S/C20H22N2O/c1-2-18(23)22-13-12-16-19(14-8-4-3-5-9-14)21-17-11-7-6-10-15(17)20(16)22/h3-11,16,19-21H,2,12-13H2,1H3/t16-,19?,20+/m0/s1. The Hall–Kier alpha value is -2.29. The maximum Gasteiger partial charge on any atom is 0.222 e. The zero-order valence-electron chi connectivity index (χ0n) is 13.4. The van der Waals surface area contributed by atoms with Gasteiger partial charge in [0.1, 0.15) is 0 Å². The van der Waals surface area contributed by atoms with Crippen molar-refractivity contribution < 1.29 is 4.79 Å². The van der Waals surface area contributed by atoms with Crippen LogP contribution < -0.4 is 5.32 Å². The quantitative estimate of drug-likeness (QED) is 0.904. The lowest BCUT2D eigenvalue weighted by Crippen LogP contribution is -2.37. The van der Waals surface area contributed by atoms with Crippen molar-refractivity contribution in [2.75, 3.05) is 11.9 Å². The van der Waals surface area contributed by atoms with E-state index in [-0.39, 0.29) is 18.0 Å². The Morgan fingerprint density at radius 3 is 2.65 bits per heavy atom. The van der Waals surface area contributed by atoms with E-state index in [1.54, 1.807) is 0 Å². The fraction of sp³-hybridized carbons (Fsp3) is 0.350. The lowest BCUT2D eigenvalue weighted by molar-refractivity contribution is -0.132. The van der Waals surface area contributed by atoms with Crippen molar-refractivity contribution in [3.63, 3.8) is 0 Å². The molecule has 0 spiro atoms. The molecule has 0 bridgehead atoms. The van der Waals surface area contributed by atoms with Crippen LogP contribution in [0, 0.1) is 5.92 Å². The molecule has 1 unspecified atom stereocenters. The minimum atomic E-state index is 0.199. The summed E-state index contributed by atoms with van der Waals surface area (Å²) in [5.74, 6) is 0.698. The average Bonchev–Trinajstić information content (AvgIpc) is 3.06. The molecule has 23 heavy (non-hydrogen) atoms. The first-order chi connectivity index (χ1) is 11.3. The molecule has 0 radical (unpaired) electrons. The summed E-state index contributed by atoms with van der Waals surface area (Å²) in [6.45, 7) is 2.82. The maximum absolute atomic E-state index is 12.4. The zero-order valence-corrected chi connectivity index (χ0v) is 13.4. The van der Waals surface area contributed by atoms with Gasteiger partial charge in [-0.05, 0) is 23.6 Å². The van der Waals surface area contributed by atoms with Gasteiger partial charge in [0, 0.05) is 24.6 Å². The van der Waals surface area contributed by atoms with E-state index in [2.05, 4.69) is 64.8 Å². The van der Waals surface area contributed by atoms with Crippen LogP contribution in [0.3, 0.4) is 0 Å². The first-order valence-corrected chi connectivity index (χ1v) is 8.49. The average molecular weight is 306 g/mol. The van der Waals surface area contributed by atoms with E-state index < -0.39 is 0 Å². The van der Waals surface area contributed by atoms with Crippen LogP contribution in [-0.4, -0.2) is 17.4 Å². The number of nitrogens with zero attached hydrogens (tertiary/aromatic N) is 1. The summed E-state index contributed by atoms with van der Waals surface area (Å²) in [4.78, 5) is 14.5. The van der Waals surface area contributed by atoms with E-state index in [9.17, 15) is 4.79 Å². The summed E-state index contributed by atoms with van der Waals surface area (Å²) in [5, 5.41) is 3.72. The highest BCUT2D eigenvalue weighted by atomic mass is 16.2. The Labute approximate surface area is 137 Å². The van der Waals surface area contributed by atoms with Gasteiger partial charge in [0.2, 0.25) is 5.91 Å². The largest absolute Gasteiger partial charge is 0.378 e. The van der Waals surface area contributed by atoms with Gasteiger partial charge in [-0.1, -0.05) is 55.5 Å². The predicted molar refractivity (Wildman–Crippen MR) is 92.1 cm³/mol. The van der Waals surface area contributed by atoms with Gasteiger partial charge < -0.3 is 10.2 Å². The molecule has 3 atom stereocenters. The molecule has 2 aromatic carbocycles. The predicted octanol–water partition coefficient (Wildman–Crippen LogP) is 4.15. The monoisotopic (exact) mass is 306 g/mol. The molecule has 1 N–H and O–H groups in total. The van der Waals surface area contributed by atoms with Crippen molar-refractivity contribution in [2.24, 2.45) is 5.92 Å². The van der Waals surface area contributed by atoms with Gasteiger partial charge in [-0.25, -0.2) is 0 Å². The van der Waals surface area contributed by atoms with Gasteiger partial charge in [-0.3, -0.25) is 4.79 Å². The highest BCUT2D eigenvalue weighted by Crippen LogP contribution is 2.51. The summed E-state index contributed by atoms with van der Waals surface area (Å²) >= 11 is 0. The van der Waals surface area contributed by atoms with Crippen LogP contribution in [0.1, 0.15) is 43.0 Å². The van der Waals surface area contributed by atoms with Crippen molar-refractivity contribution in [1.29, 1.82) is 0 Å². The number of amides is 1. The molecular formula is C20H22N2O. The molecule has 1 fully saturated rings. The molecule has 1 amide bonds. The highest BCUT2D eigenvalue weighted by molar-refractivity contribution is 5.77. The van der Waals surface area contributed by atoms with Crippen molar-refractivity contribution in [2.45, 2.75) is 31.8 Å². The Bertz CT molecular complexity index is 713. The number of hydrogen-bond donors (Lipinski definition) is 1. The smallest absolute Gasteiger partial charge is 0.222 e. The van der Waals surface area contributed by atoms with Crippen LogP contribution >= 0.6 is 0 Å². The van der Waals surface area contributed by atoms with Crippen LogP contribution in [0.2, 0.25) is 0 Å². The number of nitrogens with one attached hydrogen (secondary N) is 1. The van der Waals surface area contributed by atoms with Gasteiger partial charge in [-0.15, -0.1) is 0 Å². The van der Waals surface area contributed by atoms with Crippen molar-refractivity contribution in [1.82, 2.24) is 4.90 Å². The van der Waals surface area contributed by atoms with Crippen LogP contribution in [-0.2, 0) is 4.79 Å². The molecule has 118 valence electrons. The fourth-order valence-electron chi connectivity index (χ4n) is 4.20. The van der Waals surface area contributed by atoms with Crippen molar-refractivity contribution in [3.8, 4) is 0 Å². The number of anilines is 1. The number of hydrogen-bond acceptors (Lipinski definition) is 2. The summed E-state index contributed by atoms with van der Waals surface area (Å²) < 4.78 is 0. The SMILES string of the molecule is CCC(=O)N1CC[C@H]2C(c3ccccc3)Nc3ccccc3[C@H]21. The molecule has 0 aliphatic carbocycles. The number of rotatable bonds is 2. The van der Waals surface area contributed by atoms with Gasteiger partial charge in [0.25, 0.3) is 0 Å². The summed E-state index contributed by atoms with van der Waals surface area (Å²) in [6, 6.07) is 19.5. The third-order valence-corrected chi connectivity index (χ3v) is 5.24. The normalized spacial score (nSPS) is 25.4. The fourth-order valence-corrected chi connectivity index (χ4v) is 4.20. The second-order valence-corrected chi connectivity index (χ2v) is 6.46. The van der Waals surface area contributed by atoms with Crippen LogP contribution in [0.5, 0.6) is 0 Å². The van der Waals surface area contributed by atoms with Gasteiger partial charge in [0.15, 0.2) is 0 Å². The van der Waals surface area contributed by atoms with Gasteiger partial charge in [0.05, 0.1) is 12.1 Å². The van der Waals surface area contributed by atoms with Crippen molar-refractivity contribution in [3.05, 3.63) is 65.7 Å².